The van der Waals surface area contributed by atoms with Crippen molar-refractivity contribution < 1.29 is 17.7 Å². The van der Waals surface area contributed by atoms with Crippen molar-refractivity contribution in [3.05, 3.63) is 50.9 Å². The average molecular weight is 452 g/mol. The molecule has 0 aliphatic heterocycles. The molecule has 0 aromatic carbocycles. The average Bonchev–Trinajstić information content (AvgIpc) is 3.43. The van der Waals surface area contributed by atoms with E-state index in [0.29, 0.717) is 36.5 Å². The van der Waals surface area contributed by atoms with Gasteiger partial charge in [0.2, 0.25) is 15.9 Å². The van der Waals surface area contributed by atoms with Gasteiger partial charge in [0.25, 0.3) is 0 Å². The van der Waals surface area contributed by atoms with E-state index in [4.69, 9.17) is 4.52 Å². The lowest BCUT2D eigenvalue weighted by molar-refractivity contribution is -0.115. The molecule has 154 valence electrons. The minimum absolute atomic E-state index is 0.135. The summed E-state index contributed by atoms with van der Waals surface area (Å²) in [5.74, 6) is 0.278. The van der Waals surface area contributed by atoms with Crippen molar-refractivity contribution in [2.75, 3.05) is 11.9 Å². The number of thiophene rings is 2. The van der Waals surface area contributed by atoms with Crippen LogP contribution in [0.5, 0.6) is 0 Å². The molecule has 0 unspecified atom stereocenters. The minimum Gasteiger partial charge on any atom is -0.354 e. The summed E-state index contributed by atoms with van der Waals surface area (Å²) in [6.45, 7) is 3.85. The molecule has 2 N–H and O–H groups in total. The van der Waals surface area contributed by atoms with Crippen LogP contribution in [0.1, 0.15) is 34.6 Å². The first kappa shape index (κ1) is 21.4. The molecular formula is C19H21N3O4S3. The first-order chi connectivity index (χ1) is 13.9. The molecule has 3 heterocycles. The van der Waals surface area contributed by atoms with Crippen molar-refractivity contribution in [2.24, 2.45) is 0 Å². The molecular weight excluding hydrogens is 430 g/mol. The highest BCUT2D eigenvalue weighted by Gasteiger charge is 2.16. The second-order valence-electron chi connectivity index (χ2n) is 6.13. The molecule has 0 saturated carbocycles. The van der Waals surface area contributed by atoms with Crippen LogP contribution >= 0.6 is 22.7 Å². The number of sulfonamides is 1. The number of aryl methyl sites for hydroxylation is 1. The fraction of sp³-hybridized carbons (Fsp3) is 0.263. The number of aromatic nitrogens is 1. The number of hydrogen-bond acceptors (Lipinski definition) is 7. The molecule has 29 heavy (non-hydrogen) atoms. The van der Waals surface area contributed by atoms with E-state index in [1.54, 1.807) is 49.5 Å². The summed E-state index contributed by atoms with van der Waals surface area (Å²) in [4.78, 5) is 13.5. The lowest BCUT2D eigenvalue weighted by atomic mass is 10.2. The zero-order valence-corrected chi connectivity index (χ0v) is 18.4. The number of hydrogen-bond donors (Lipinski definition) is 2. The first-order valence-electron chi connectivity index (χ1n) is 8.95. The van der Waals surface area contributed by atoms with Crippen LogP contribution < -0.4 is 10.0 Å². The van der Waals surface area contributed by atoms with Gasteiger partial charge in [-0.1, -0.05) is 18.1 Å². The van der Waals surface area contributed by atoms with Crippen LogP contribution in [0.4, 0.5) is 5.69 Å². The third kappa shape index (κ3) is 5.63. The Bertz CT molecular complexity index is 1100. The number of carbonyl (C=O) groups excluding carboxylic acids is 1. The number of nitrogens with zero attached hydrogens (tertiary/aromatic N) is 1. The van der Waals surface area contributed by atoms with E-state index in [-0.39, 0.29) is 10.1 Å². The van der Waals surface area contributed by atoms with Gasteiger partial charge >= 0.3 is 0 Å². The van der Waals surface area contributed by atoms with E-state index in [0.717, 1.165) is 21.1 Å². The van der Waals surface area contributed by atoms with E-state index in [1.807, 2.05) is 17.5 Å². The lowest BCUT2D eigenvalue weighted by Gasteiger charge is -2.03. The second-order valence-corrected chi connectivity index (χ2v) is 10.3. The van der Waals surface area contributed by atoms with Gasteiger partial charge in [-0.05, 0) is 49.1 Å². The Kier molecular flexibility index (Phi) is 7.01. The summed E-state index contributed by atoms with van der Waals surface area (Å²) < 4.78 is 33.1. The lowest BCUT2D eigenvalue weighted by Crippen LogP contribution is -2.25. The number of amides is 1. The Morgan fingerprint density at radius 3 is 2.83 bits per heavy atom. The largest absolute Gasteiger partial charge is 0.354 e. The van der Waals surface area contributed by atoms with Gasteiger partial charge in [-0.25, -0.2) is 13.1 Å². The van der Waals surface area contributed by atoms with E-state index in [1.165, 1.54) is 0 Å². The second kappa shape index (κ2) is 9.49. The van der Waals surface area contributed by atoms with E-state index in [2.05, 4.69) is 15.2 Å². The van der Waals surface area contributed by atoms with Crippen molar-refractivity contribution in [1.29, 1.82) is 0 Å². The maximum atomic E-state index is 12.5. The van der Waals surface area contributed by atoms with Gasteiger partial charge in [-0.3, -0.25) is 4.79 Å². The first-order valence-corrected chi connectivity index (χ1v) is 12.1. The third-order valence-electron chi connectivity index (χ3n) is 3.98. The molecule has 3 aromatic rings. The maximum Gasteiger partial charge on any atom is 0.250 e. The molecule has 0 aliphatic carbocycles. The molecule has 0 saturated heterocycles. The minimum atomic E-state index is -3.55. The Hall–Kier alpha value is -2.27. The predicted molar refractivity (Wildman–Crippen MR) is 117 cm³/mol. The topological polar surface area (TPSA) is 101 Å². The van der Waals surface area contributed by atoms with Gasteiger partial charge in [0.15, 0.2) is 5.76 Å². The van der Waals surface area contributed by atoms with Gasteiger partial charge in [0.05, 0.1) is 0 Å². The molecule has 1 amide bonds. The fourth-order valence-electron chi connectivity index (χ4n) is 2.44. The van der Waals surface area contributed by atoms with Gasteiger partial charge in [0, 0.05) is 22.7 Å². The van der Waals surface area contributed by atoms with Crippen LogP contribution in [0.25, 0.3) is 12.2 Å². The zero-order valence-electron chi connectivity index (χ0n) is 16.0. The summed E-state index contributed by atoms with van der Waals surface area (Å²) in [5.41, 5.74) is 1.10. The Labute approximate surface area is 177 Å². The predicted octanol–water partition coefficient (Wildman–Crippen LogP) is 4.15. The quantitative estimate of drug-likeness (QED) is 0.509. The number of anilines is 1. The van der Waals surface area contributed by atoms with Crippen LogP contribution in [0.2, 0.25) is 0 Å². The van der Waals surface area contributed by atoms with Crippen LogP contribution in [0.15, 0.2) is 38.4 Å². The van der Waals surface area contributed by atoms with Crippen LogP contribution in [-0.2, 0) is 21.2 Å². The highest BCUT2D eigenvalue weighted by molar-refractivity contribution is 7.91. The van der Waals surface area contributed by atoms with Crippen molar-refractivity contribution in [3.63, 3.8) is 0 Å². The molecule has 3 aromatic heterocycles. The highest BCUT2D eigenvalue weighted by Crippen LogP contribution is 2.26. The van der Waals surface area contributed by atoms with Crippen molar-refractivity contribution in [2.45, 2.75) is 30.9 Å². The SMILES string of the molecule is CCC(=O)Nc1c(C)noc1C=Cc1ccc(S(=O)(=O)NCCc2cccs2)s1. The Morgan fingerprint density at radius 2 is 2.10 bits per heavy atom. The van der Waals surface area contributed by atoms with Gasteiger partial charge in [0.1, 0.15) is 15.6 Å². The van der Waals surface area contributed by atoms with Gasteiger partial charge in [-0.2, -0.15) is 0 Å². The maximum absolute atomic E-state index is 12.5. The number of carbonyl (C=O) groups is 1. The van der Waals surface area contributed by atoms with Gasteiger partial charge < -0.3 is 9.84 Å². The van der Waals surface area contributed by atoms with Crippen molar-refractivity contribution in [3.8, 4) is 0 Å². The van der Waals surface area contributed by atoms with Crippen LogP contribution in [0.3, 0.4) is 0 Å². The standard InChI is InChI=1S/C19H21N3O4S3/c1-3-17(23)21-19-13(2)22-26-16(19)8-6-15-7-9-18(28-15)29(24,25)20-11-10-14-5-4-12-27-14/h4-9,12,20H,3,10-11H2,1-2H3,(H,21,23). The zero-order chi connectivity index (χ0) is 20.9. The summed E-state index contributed by atoms with van der Waals surface area (Å²) >= 11 is 2.76. The molecule has 0 fully saturated rings. The molecule has 0 spiro atoms. The molecule has 0 atom stereocenters. The molecule has 3 rings (SSSR count). The molecule has 0 radical (unpaired) electrons. The smallest absolute Gasteiger partial charge is 0.250 e. The summed E-state index contributed by atoms with van der Waals surface area (Å²) in [5, 5.41) is 8.60. The van der Waals surface area contributed by atoms with Crippen LogP contribution in [0, 0.1) is 6.92 Å². The van der Waals surface area contributed by atoms with Crippen molar-refractivity contribution in [1.82, 2.24) is 9.88 Å². The summed E-state index contributed by atoms with van der Waals surface area (Å²) in [6.07, 6.45) is 4.40. The highest BCUT2D eigenvalue weighted by atomic mass is 32.2. The van der Waals surface area contributed by atoms with Crippen molar-refractivity contribution >= 4 is 56.4 Å². The third-order valence-corrected chi connectivity index (χ3v) is 7.92. The Morgan fingerprint density at radius 1 is 1.28 bits per heavy atom. The van der Waals surface area contributed by atoms with Crippen LogP contribution in [-0.4, -0.2) is 26.0 Å². The van der Waals surface area contributed by atoms with Gasteiger partial charge in [-0.15, -0.1) is 22.7 Å². The van der Waals surface area contributed by atoms with E-state index < -0.39 is 10.0 Å². The molecule has 0 aliphatic rings. The van der Waals surface area contributed by atoms with E-state index in [9.17, 15) is 13.2 Å². The molecule has 7 nitrogen and oxygen atoms in total. The van der Waals surface area contributed by atoms with E-state index >= 15 is 0 Å². The number of nitrogens with one attached hydrogen (secondary N) is 2. The summed E-state index contributed by atoms with van der Waals surface area (Å²) in [6, 6.07) is 7.22. The fourth-order valence-corrected chi connectivity index (χ4v) is 5.46. The normalized spacial score (nSPS) is 11.9. The Balaban J connectivity index is 1.66. The number of rotatable bonds is 9. The monoisotopic (exact) mass is 451 g/mol. The molecule has 10 heteroatoms. The molecule has 0 bridgehead atoms. The summed E-state index contributed by atoms with van der Waals surface area (Å²) in [7, 11) is -3.55.